The quantitative estimate of drug-likeness (QED) is 0.619. The lowest BCUT2D eigenvalue weighted by Crippen LogP contribution is -2.47. The Balaban J connectivity index is 2.25. The van der Waals surface area contributed by atoms with Gasteiger partial charge in [-0.1, -0.05) is 6.92 Å². The lowest BCUT2D eigenvalue weighted by atomic mass is 10.1. The summed E-state index contributed by atoms with van der Waals surface area (Å²) < 4.78 is 0. The van der Waals surface area contributed by atoms with Gasteiger partial charge in [-0.3, -0.25) is 4.90 Å². The van der Waals surface area contributed by atoms with Gasteiger partial charge in [-0.2, -0.15) is 0 Å². The second-order valence-electron chi connectivity index (χ2n) is 3.11. The molecule has 0 aliphatic carbocycles. The molecule has 10 heavy (non-hydrogen) atoms. The van der Waals surface area contributed by atoms with Crippen LogP contribution in [0.2, 0.25) is 0 Å². The van der Waals surface area contributed by atoms with E-state index in [0.29, 0.717) is 0 Å². The van der Waals surface area contributed by atoms with Gasteiger partial charge in [0.15, 0.2) is 0 Å². The van der Waals surface area contributed by atoms with E-state index in [1.807, 2.05) is 0 Å². The maximum Gasteiger partial charge on any atom is 0.0483 e. The highest BCUT2D eigenvalue weighted by molar-refractivity contribution is 4.71. The summed E-state index contributed by atoms with van der Waals surface area (Å²) in [5.74, 6) is 0. The van der Waals surface area contributed by atoms with Crippen LogP contribution < -0.4 is 5.32 Å². The predicted octanol–water partition coefficient (Wildman–Crippen LogP) is 1.04. The maximum absolute atomic E-state index is 3.38. The lowest BCUT2D eigenvalue weighted by Gasteiger charge is -2.33. The number of rotatable bonds is 2. The highest BCUT2D eigenvalue weighted by Gasteiger charge is 2.15. The smallest absolute Gasteiger partial charge is 0.0483 e. The molecule has 0 saturated carbocycles. The Kier molecular flexibility index (Phi) is 3.16. The van der Waals surface area contributed by atoms with Gasteiger partial charge in [0.1, 0.15) is 0 Å². The molecule has 1 unspecified atom stereocenters. The molecular weight excluding hydrogens is 124 g/mol. The van der Waals surface area contributed by atoms with Crippen LogP contribution in [0.3, 0.4) is 0 Å². The van der Waals surface area contributed by atoms with Crippen LogP contribution in [0, 0.1) is 0 Å². The molecule has 0 radical (unpaired) electrons. The van der Waals surface area contributed by atoms with E-state index in [9.17, 15) is 0 Å². The summed E-state index contributed by atoms with van der Waals surface area (Å²) in [6.07, 6.45) is 2.58. The van der Waals surface area contributed by atoms with Crippen molar-refractivity contribution in [1.82, 2.24) is 10.2 Å². The fourth-order valence-corrected chi connectivity index (χ4v) is 1.46. The van der Waals surface area contributed by atoms with Crippen molar-refractivity contribution in [2.24, 2.45) is 0 Å². The topological polar surface area (TPSA) is 15.3 Å². The first-order valence-electron chi connectivity index (χ1n) is 4.29. The van der Waals surface area contributed by atoms with E-state index in [0.717, 1.165) is 12.7 Å². The highest BCUT2D eigenvalue weighted by Crippen LogP contribution is 2.06. The van der Waals surface area contributed by atoms with Gasteiger partial charge in [0.05, 0.1) is 0 Å². The Morgan fingerprint density at radius 2 is 2.40 bits per heavy atom. The molecule has 0 aromatic heterocycles. The highest BCUT2D eigenvalue weighted by atomic mass is 15.3. The van der Waals surface area contributed by atoms with Crippen LogP contribution in [-0.2, 0) is 0 Å². The average molecular weight is 142 g/mol. The van der Waals surface area contributed by atoms with Crippen molar-refractivity contribution < 1.29 is 0 Å². The minimum Gasteiger partial charge on any atom is -0.304 e. The van der Waals surface area contributed by atoms with Crippen LogP contribution >= 0.6 is 0 Å². The summed E-state index contributed by atoms with van der Waals surface area (Å²) in [5.41, 5.74) is 0. The minimum atomic E-state index is 0.793. The lowest BCUT2D eigenvalue weighted by molar-refractivity contribution is 0.151. The van der Waals surface area contributed by atoms with Gasteiger partial charge in [0.25, 0.3) is 0 Å². The zero-order valence-electron chi connectivity index (χ0n) is 7.06. The molecule has 60 valence electrons. The minimum absolute atomic E-state index is 0.793. The first-order valence-corrected chi connectivity index (χ1v) is 4.29. The van der Waals surface area contributed by atoms with Gasteiger partial charge in [-0.25, -0.2) is 0 Å². The normalized spacial score (nSPS) is 28.8. The molecule has 2 heteroatoms. The van der Waals surface area contributed by atoms with Crippen LogP contribution in [-0.4, -0.2) is 30.7 Å². The molecule has 1 fully saturated rings. The van der Waals surface area contributed by atoms with Gasteiger partial charge < -0.3 is 5.32 Å². The molecule has 1 saturated heterocycles. The summed E-state index contributed by atoms with van der Waals surface area (Å²) in [5, 5.41) is 3.38. The maximum atomic E-state index is 3.38. The SMILES string of the molecule is CCCN1CNCCC1C. The largest absolute Gasteiger partial charge is 0.304 e. The van der Waals surface area contributed by atoms with Gasteiger partial charge >= 0.3 is 0 Å². The molecule has 0 spiro atoms. The zero-order chi connectivity index (χ0) is 7.40. The van der Waals surface area contributed by atoms with Crippen molar-refractivity contribution >= 4 is 0 Å². The van der Waals surface area contributed by atoms with Crippen molar-refractivity contribution in [2.45, 2.75) is 32.7 Å². The molecular formula is C8H18N2. The molecule has 1 rings (SSSR count). The van der Waals surface area contributed by atoms with E-state index < -0.39 is 0 Å². The molecule has 0 aromatic rings. The Morgan fingerprint density at radius 3 is 3.00 bits per heavy atom. The van der Waals surface area contributed by atoms with Crippen LogP contribution in [0.5, 0.6) is 0 Å². The number of hydrogen-bond donors (Lipinski definition) is 1. The Morgan fingerprint density at radius 1 is 1.60 bits per heavy atom. The van der Waals surface area contributed by atoms with Crippen LogP contribution in [0.1, 0.15) is 26.7 Å². The second kappa shape index (κ2) is 3.94. The van der Waals surface area contributed by atoms with Gasteiger partial charge in [-0.15, -0.1) is 0 Å². The van der Waals surface area contributed by atoms with Crippen LogP contribution in [0.15, 0.2) is 0 Å². The summed E-state index contributed by atoms with van der Waals surface area (Å²) in [7, 11) is 0. The summed E-state index contributed by atoms with van der Waals surface area (Å²) in [4.78, 5) is 2.50. The predicted molar refractivity (Wildman–Crippen MR) is 43.9 cm³/mol. The number of nitrogens with one attached hydrogen (secondary N) is 1. The molecule has 1 aliphatic rings. The Bertz CT molecular complexity index is 91.3. The molecule has 1 atom stereocenters. The molecule has 1 aliphatic heterocycles. The van der Waals surface area contributed by atoms with Crippen molar-refractivity contribution in [3.05, 3.63) is 0 Å². The van der Waals surface area contributed by atoms with E-state index in [-0.39, 0.29) is 0 Å². The molecule has 0 bridgehead atoms. The van der Waals surface area contributed by atoms with Crippen molar-refractivity contribution in [3.63, 3.8) is 0 Å². The van der Waals surface area contributed by atoms with Gasteiger partial charge in [0, 0.05) is 12.7 Å². The van der Waals surface area contributed by atoms with Gasteiger partial charge in [0.2, 0.25) is 0 Å². The van der Waals surface area contributed by atoms with E-state index in [4.69, 9.17) is 0 Å². The van der Waals surface area contributed by atoms with Gasteiger partial charge in [-0.05, 0) is 32.9 Å². The Labute approximate surface area is 63.6 Å². The number of hydrogen-bond acceptors (Lipinski definition) is 2. The van der Waals surface area contributed by atoms with Crippen molar-refractivity contribution in [2.75, 3.05) is 19.8 Å². The van der Waals surface area contributed by atoms with E-state index in [2.05, 4.69) is 24.1 Å². The molecule has 0 aromatic carbocycles. The third kappa shape index (κ3) is 1.96. The standard InChI is InChI=1S/C8H18N2/c1-3-6-10-7-9-5-4-8(10)2/h8-9H,3-7H2,1-2H3. The molecule has 1 heterocycles. The molecule has 2 nitrogen and oxygen atoms in total. The van der Waals surface area contributed by atoms with Crippen LogP contribution in [0.4, 0.5) is 0 Å². The molecule has 0 amide bonds. The number of nitrogens with zero attached hydrogens (tertiary/aromatic N) is 1. The zero-order valence-corrected chi connectivity index (χ0v) is 7.06. The van der Waals surface area contributed by atoms with E-state index in [1.165, 1.54) is 25.9 Å². The van der Waals surface area contributed by atoms with Crippen molar-refractivity contribution in [1.29, 1.82) is 0 Å². The summed E-state index contributed by atoms with van der Waals surface area (Å²) >= 11 is 0. The summed E-state index contributed by atoms with van der Waals surface area (Å²) in [6.45, 7) is 8.09. The van der Waals surface area contributed by atoms with E-state index in [1.54, 1.807) is 0 Å². The molecule has 1 N–H and O–H groups in total. The van der Waals surface area contributed by atoms with E-state index >= 15 is 0 Å². The van der Waals surface area contributed by atoms with Crippen molar-refractivity contribution in [3.8, 4) is 0 Å². The first-order chi connectivity index (χ1) is 4.84. The summed E-state index contributed by atoms with van der Waals surface area (Å²) in [6, 6.07) is 0.793. The average Bonchev–Trinajstić information content (AvgIpc) is 1.94. The fraction of sp³-hybridized carbons (Fsp3) is 1.00. The van der Waals surface area contributed by atoms with Crippen LogP contribution in [0.25, 0.3) is 0 Å². The third-order valence-electron chi connectivity index (χ3n) is 2.19. The second-order valence-corrected chi connectivity index (χ2v) is 3.11. The fourth-order valence-electron chi connectivity index (χ4n) is 1.46. The Hall–Kier alpha value is -0.0800. The first kappa shape index (κ1) is 8.02. The monoisotopic (exact) mass is 142 g/mol. The third-order valence-corrected chi connectivity index (χ3v) is 2.19.